The Labute approximate surface area is 271 Å². The Morgan fingerprint density at radius 3 is 2.53 bits per heavy atom. The molecule has 0 radical (unpaired) electrons. The first-order valence-electron chi connectivity index (χ1n) is 15.4. The van der Waals surface area contributed by atoms with Gasteiger partial charge < -0.3 is 29.6 Å². The van der Waals surface area contributed by atoms with Gasteiger partial charge in [0.1, 0.15) is 47.5 Å². The van der Waals surface area contributed by atoms with Crippen LogP contribution in [0.4, 0.5) is 5.82 Å². The second-order valence-corrected chi connectivity index (χ2v) is 13.9. The molecule has 6 unspecified atom stereocenters. The maximum Gasteiger partial charge on any atom is 0.459 e. The lowest BCUT2D eigenvalue weighted by atomic mass is 9.80. The quantitative estimate of drug-likeness (QED) is 0.186. The number of nitrogens with two attached hydrogens (primary N) is 1. The van der Waals surface area contributed by atoms with Crippen molar-refractivity contribution in [3.63, 3.8) is 0 Å². The number of rotatable bonds is 12. The zero-order chi connectivity index (χ0) is 34.0. The second-order valence-electron chi connectivity index (χ2n) is 12.2. The number of para-hydroxylation sites is 1. The van der Waals surface area contributed by atoms with Gasteiger partial charge in [-0.05, 0) is 63.8 Å². The lowest BCUT2D eigenvalue weighted by Crippen LogP contribution is -2.54. The summed E-state index contributed by atoms with van der Waals surface area (Å²) in [6.07, 6.45) is 1.49. The average molecular weight is 671 g/mol. The first-order chi connectivity index (χ1) is 22.3. The summed E-state index contributed by atoms with van der Waals surface area (Å²) in [6.45, 7) is 5.36. The number of anilines is 1. The van der Waals surface area contributed by atoms with E-state index in [9.17, 15) is 24.5 Å². The first kappa shape index (κ1) is 34.3. The molecule has 47 heavy (non-hydrogen) atoms. The number of hydrogen-bond acceptors (Lipinski definition) is 13. The third-order valence-electron chi connectivity index (χ3n) is 8.31. The Morgan fingerprint density at radius 1 is 1.17 bits per heavy atom. The van der Waals surface area contributed by atoms with Crippen LogP contribution in [-0.2, 0) is 38.5 Å². The van der Waals surface area contributed by atoms with Crippen LogP contribution in [0.5, 0.6) is 5.75 Å². The monoisotopic (exact) mass is 670 g/mol. The van der Waals surface area contributed by atoms with Crippen molar-refractivity contribution in [2.75, 3.05) is 12.3 Å². The third-order valence-corrected chi connectivity index (χ3v) is 9.96. The van der Waals surface area contributed by atoms with Crippen LogP contribution in [0.15, 0.2) is 48.8 Å². The summed E-state index contributed by atoms with van der Waals surface area (Å²) in [5, 5.41) is 29.5. The van der Waals surface area contributed by atoms with Crippen molar-refractivity contribution in [3.05, 3.63) is 54.5 Å². The van der Waals surface area contributed by atoms with E-state index in [1.807, 2.05) is 6.07 Å². The molecule has 3 aromatic rings. The third kappa shape index (κ3) is 6.83. The summed E-state index contributed by atoms with van der Waals surface area (Å²) in [7, 11) is -4.40. The number of aromatic nitrogens is 3. The van der Waals surface area contributed by atoms with Gasteiger partial charge in [-0.1, -0.05) is 32.0 Å². The number of nitriles is 1. The highest BCUT2D eigenvalue weighted by Crippen LogP contribution is 2.51. The topological polar surface area (TPSA) is 210 Å². The summed E-state index contributed by atoms with van der Waals surface area (Å²) in [5.74, 6) is -1.64. The van der Waals surface area contributed by atoms with Gasteiger partial charge in [0.15, 0.2) is 11.9 Å². The minimum Gasteiger partial charge on any atom is -0.461 e. The number of carbonyl (C=O) groups is 2. The molecule has 5 rings (SSSR count). The minimum atomic E-state index is -4.40. The lowest BCUT2D eigenvalue weighted by molar-refractivity contribution is -0.168. The van der Waals surface area contributed by atoms with Crippen LogP contribution in [0.2, 0.25) is 0 Å². The maximum absolute atomic E-state index is 14.3. The Kier molecular flexibility index (Phi) is 9.91. The molecule has 252 valence electrons. The van der Waals surface area contributed by atoms with E-state index >= 15 is 0 Å². The Bertz CT molecular complexity index is 1690. The van der Waals surface area contributed by atoms with Crippen LogP contribution < -0.4 is 15.3 Å². The fraction of sp³-hybridized carbons (Fsp3) is 0.516. The zero-order valence-corrected chi connectivity index (χ0v) is 27.5. The van der Waals surface area contributed by atoms with Gasteiger partial charge in [-0.3, -0.25) is 14.1 Å². The SMILES string of the molecule is CC(C)C(=O)OC1C(COP(=O)(NC(C)C(=O)OC2CCCC2)Oc2ccccc2)OC(C#N)(c2ccc3c(N)ncnn23)C1(C)O. The van der Waals surface area contributed by atoms with Crippen LogP contribution in [0.3, 0.4) is 0 Å². The molecule has 0 amide bonds. The Hall–Kier alpha value is -4.06. The molecular weight excluding hydrogens is 631 g/mol. The van der Waals surface area contributed by atoms with Gasteiger partial charge in [-0.2, -0.15) is 15.4 Å². The largest absolute Gasteiger partial charge is 0.461 e. The van der Waals surface area contributed by atoms with Crippen molar-refractivity contribution in [2.24, 2.45) is 5.92 Å². The highest BCUT2D eigenvalue weighted by atomic mass is 31.2. The molecule has 16 heteroatoms. The molecule has 2 fully saturated rings. The molecule has 1 saturated heterocycles. The van der Waals surface area contributed by atoms with Crippen molar-refractivity contribution in [1.82, 2.24) is 19.7 Å². The second kappa shape index (κ2) is 13.6. The molecule has 2 aromatic heterocycles. The summed E-state index contributed by atoms with van der Waals surface area (Å²) >= 11 is 0. The zero-order valence-electron chi connectivity index (χ0n) is 26.6. The Morgan fingerprint density at radius 2 is 1.87 bits per heavy atom. The smallest absolute Gasteiger partial charge is 0.459 e. The number of carbonyl (C=O) groups excluding carboxylic acids is 2. The van der Waals surface area contributed by atoms with Gasteiger partial charge in [-0.15, -0.1) is 0 Å². The van der Waals surface area contributed by atoms with Gasteiger partial charge in [0, 0.05) is 0 Å². The van der Waals surface area contributed by atoms with Crippen LogP contribution in [0.25, 0.3) is 5.52 Å². The molecule has 1 aromatic carbocycles. The fourth-order valence-electron chi connectivity index (χ4n) is 5.72. The molecule has 1 saturated carbocycles. The van der Waals surface area contributed by atoms with Crippen molar-refractivity contribution in [2.45, 2.75) is 88.9 Å². The molecule has 15 nitrogen and oxygen atoms in total. The van der Waals surface area contributed by atoms with Crippen LogP contribution >= 0.6 is 7.75 Å². The average Bonchev–Trinajstić information content (AvgIpc) is 3.75. The number of ether oxygens (including phenoxy) is 3. The number of nitrogens with zero attached hydrogens (tertiary/aromatic N) is 4. The number of hydrogen-bond donors (Lipinski definition) is 3. The van der Waals surface area contributed by atoms with E-state index in [4.69, 9.17) is 29.0 Å². The molecule has 1 aliphatic carbocycles. The predicted octanol–water partition coefficient (Wildman–Crippen LogP) is 3.42. The molecule has 6 atom stereocenters. The van der Waals surface area contributed by atoms with E-state index in [1.54, 1.807) is 50.2 Å². The molecule has 4 N–H and O–H groups in total. The number of aliphatic hydroxyl groups is 1. The summed E-state index contributed by atoms with van der Waals surface area (Å²) < 4.78 is 44.8. The summed E-state index contributed by atoms with van der Waals surface area (Å²) in [5.41, 5.74) is 2.03. The molecule has 1 aliphatic heterocycles. The molecule has 2 aliphatic rings. The van der Waals surface area contributed by atoms with Gasteiger partial charge in [0.2, 0.25) is 5.60 Å². The van der Waals surface area contributed by atoms with Crippen LogP contribution in [-0.4, -0.2) is 68.2 Å². The predicted molar refractivity (Wildman–Crippen MR) is 166 cm³/mol. The summed E-state index contributed by atoms with van der Waals surface area (Å²) in [6, 6.07) is 12.1. The van der Waals surface area contributed by atoms with E-state index in [0.717, 1.165) is 25.7 Å². The van der Waals surface area contributed by atoms with Crippen molar-refractivity contribution in [1.29, 1.82) is 5.26 Å². The highest BCUT2D eigenvalue weighted by molar-refractivity contribution is 7.52. The van der Waals surface area contributed by atoms with E-state index in [0.29, 0.717) is 5.52 Å². The molecule has 3 heterocycles. The number of nitrogens with one attached hydrogen (secondary N) is 1. The van der Waals surface area contributed by atoms with Crippen LogP contribution in [0.1, 0.15) is 59.1 Å². The van der Waals surface area contributed by atoms with E-state index in [-0.39, 0.29) is 23.4 Å². The standard InChI is InChI=1S/C31H39N6O9P/c1-19(2)28(38)44-26-24(45-31(17-32,30(26,4)40)25-15-14-23-27(33)34-18-35-37(23)25)16-42-47(41,46-22-12-6-5-7-13-22)36-20(3)29(39)43-21-10-8-9-11-21/h5-7,12-15,18-21,24,26,40H,8-11,16H2,1-4H3,(H,36,41)(H2,33,34,35). The molecule has 0 spiro atoms. The van der Waals surface area contributed by atoms with Gasteiger partial charge in [0.05, 0.1) is 18.2 Å². The van der Waals surface area contributed by atoms with Gasteiger partial charge in [-0.25, -0.2) is 14.1 Å². The fourth-order valence-corrected chi connectivity index (χ4v) is 7.23. The molecular formula is C31H39N6O9P. The van der Waals surface area contributed by atoms with Gasteiger partial charge in [0.25, 0.3) is 0 Å². The normalized spacial score (nSPS) is 26.5. The number of benzene rings is 1. The van der Waals surface area contributed by atoms with Crippen molar-refractivity contribution >= 4 is 31.0 Å². The molecule has 0 bridgehead atoms. The number of nitrogen functional groups attached to an aromatic ring is 1. The highest BCUT2D eigenvalue weighted by Gasteiger charge is 2.67. The maximum atomic E-state index is 14.3. The van der Waals surface area contributed by atoms with E-state index in [2.05, 4.69) is 15.2 Å². The lowest BCUT2D eigenvalue weighted by Gasteiger charge is -2.34. The van der Waals surface area contributed by atoms with Crippen LogP contribution in [0, 0.1) is 17.2 Å². The summed E-state index contributed by atoms with van der Waals surface area (Å²) in [4.78, 5) is 29.8. The first-order valence-corrected chi connectivity index (χ1v) is 16.9. The minimum absolute atomic E-state index is 0.0762. The number of esters is 2. The van der Waals surface area contributed by atoms with Crippen molar-refractivity contribution < 1.29 is 42.5 Å². The number of fused-ring (bicyclic) bond motifs is 1. The van der Waals surface area contributed by atoms with Gasteiger partial charge >= 0.3 is 19.7 Å². The van der Waals surface area contributed by atoms with E-state index < -0.39 is 61.7 Å². The van der Waals surface area contributed by atoms with Crippen molar-refractivity contribution in [3.8, 4) is 11.8 Å². The van der Waals surface area contributed by atoms with E-state index in [1.165, 1.54) is 30.8 Å². The Balaban J connectivity index is 1.47.